The molecule has 1 aliphatic rings. The minimum atomic E-state index is -0.608. The summed E-state index contributed by atoms with van der Waals surface area (Å²) in [5, 5.41) is 23.0. The molecule has 0 spiro atoms. The second-order valence-electron chi connectivity index (χ2n) is 8.19. The first-order chi connectivity index (χ1) is 16.8. The van der Waals surface area contributed by atoms with Gasteiger partial charge in [0.15, 0.2) is 11.0 Å². The molecule has 1 aromatic heterocycles. The second-order valence-corrected chi connectivity index (χ2v) is 9.54. The molecule has 1 saturated heterocycles. The van der Waals surface area contributed by atoms with Crippen LogP contribution in [0.2, 0.25) is 5.02 Å². The van der Waals surface area contributed by atoms with Crippen molar-refractivity contribution < 1.29 is 14.1 Å². The Morgan fingerprint density at radius 1 is 1.20 bits per heavy atom. The molecule has 184 valence electrons. The van der Waals surface area contributed by atoms with Crippen molar-refractivity contribution in [1.82, 2.24) is 19.7 Å². The van der Waals surface area contributed by atoms with Crippen molar-refractivity contribution in [2.24, 2.45) is 0 Å². The summed E-state index contributed by atoms with van der Waals surface area (Å²) in [6.07, 6.45) is 3.46. The van der Waals surface area contributed by atoms with Gasteiger partial charge in [-0.05, 0) is 69.3 Å². The monoisotopic (exact) mass is 518 g/mol. The average molecular weight is 519 g/mol. The van der Waals surface area contributed by atoms with Gasteiger partial charge < -0.3 is 5.32 Å². The zero-order chi connectivity index (χ0) is 24.9. The second kappa shape index (κ2) is 11.1. The van der Waals surface area contributed by atoms with Crippen LogP contribution < -0.4 is 5.32 Å². The van der Waals surface area contributed by atoms with Crippen molar-refractivity contribution in [2.75, 3.05) is 24.2 Å². The summed E-state index contributed by atoms with van der Waals surface area (Å²) in [5.74, 6) is -0.00727. The van der Waals surface area contributed by atoms with Gasteiger partial charge in [0, 0.05) is 17.4 Å². The molecule has 1 N–H and O–H groups in total. The molecule has 12 heteroatoms. The third-order valence-corrected chi connectivity index (χ3v) is 7.06. The molecule has 4 rings (SSSR count). The average Bonchev–Trinajstić information content (AvgIpc) is 3.28. The maximum Gasteiger partial charge on any atom is 0.289 e. The van der Waals surface area contributed by atoms with E-state index in [1.807, 2.05) is 4.57 Å². The minimum Gasteiger partial charge on any atom is -0.325 e. The highest BCUT2D eigenvalue weighted by atomic mass is 35.5. The number of nitrogens with one attached hydrogen (secondary N) is 1. The van der Waals surface area contributed by atoms with Crippen molar-refractivity contribution in [3.63, 3.8) is 0 Å². The molecule has 1 amide bonds. The van der Waals surface area contributed by atoms with Crippen LogP contribution in [0, 0.1) is 15.9 Å². The summed E-state index contributed by atoms with van der Waals surface area (Å²) in [4.78, 5) is 25.4. The third kappa shape index (κ3) is 5.98. The Bertz CT molecular complexity index is 1220. The van der Waals surface area contributed by atoms with E-state index in [1.165, 1.54) is 48.5 Å². The Morgan fingerprint density at radius 3 is 2.60 bits per heavy atom. The first kappa shape index (κ1) is 25.1. The molecule has 2 aromatic carbocycles. The van der Waals surface area contributed by atoms with Gasteiger partial charge in [-0.1, -0.05) is 29.8 Å². The quantitative estimate of drug-likeness (QED) is 0.247. The SMILES string of the molecule is CC(c1nnc(SCC(=O)Nc2ccc(Cl)c([N+](=O)[O-])c2)n1-c1ccc(F)cc1)N1CCCCC1. The summed E-state index contributed by atoms with van der Waals surface area (Å²) in [5.41, 5.74) is 0.683. The van der Waals surface area contributed by atoms with Crippen LogP contribution in [0.5, 0.6) is 0 Å². The van der Waals surface area contributed by atoms with Crippen molar-refractivity contribution >= 4 is 40.6 Å². The van der Waals surface area contributed by atoms with Gasteiger partial charge in [0.2, 0.25) is 5.91 Å². The molecule has 35 heavy (non-hydrogen) atoms. The highest BCUT2D eigenvalue weighted by molar-refractivity contribution is 7.99. The number of nitro benzene ring substituents is 1. The van der Waals surface area contributed by atoms with Crippen molar-refractivity contribution in [2.45, 2.75) is 37.4 Å². The Morgan fingerprint density at radius 2 is 1.91 bits per heavy atom. The molecule has 0 bridgehead atoms. The molecule has 1 aliphatic heterocycles. The van der Waals surface area contributed by atoms with Crippen molar-refractivity contribution in [3.05, 3.63) is 69.2 Å². The van der Waals surface area contributed by atoms with Crippen LogP contribution in [0.3, 0.4) is 0 Å². The Hall–Kier alpha value is -3.02. The standard InChI is InChI=1S/C23H24ClFN6O3S/c1-15(29-11-3-2-4-12-29)22-27-28-23(30(22)18-8-5-16(25)6-9-18)35-14-21(32)26-17-7-10-19(24)20(13-17)31(33)34/h5-10,13,15H,2-4,11-12,14H2,1H3,(H,26,32). The maximum atomic E-state index is 13.6. The number of hydrogen-bond donors (Lipinski definition) is 1. The highest BCUT2D eigenvalue weighted by Gasteiger charge is 2.26. The van der Waals surface area contributed by atoms with E-state index in [4.69, 9.17) is 11.6 Å². The number of benzene rings is 2. The number of anilines is 1. The number of rotatable bonds is 8. The van der Waals surface area contributed by atoms with E-state index in [1.54, 1.807) is 12.1 Å². The van der Waals surface area contributed by atoms with Gasteiger partial charge in [0.25, 0.3) is 5.69 Å². The molecule has 0 aliphatic carbocycles. The van der Waals surface area contributed by atoms with Crippen molar-refractivity contribution in [1.29, 1.82) is 0 Å². The number of amides is 1. The van der Waals surface area contributed by atoms with E-state index in [0.29, 0.717) is 10.8 Å². The molecular weight excluding hydrogens is 495 g/mol. The van der Waals surface area contributed by atoms with Gasteiger partial charge in [-0.2, -0.15) is 0 Å². The van der Waals surface area contributed by atoms with Crippen LogP contribution in [0.25, 0.3) is 5.69 Å². The zero-order valence-electron chi connectivity index (χ0n) is 19.0. The first-order valence-electron chi connectivity index (χ1n) is 11.2. The summed E-state index contributed by atoms with van der Waals surface area (Å²) < 4.78 is 15.4. The lowest BCUT2D eigenvalue weighted by molar-refractivity contribution is -0.384. The Balaban J connectivity index is 1.53. The fourth-order valence-electron chi connectivity index (χ4n) is 4.00. The molecule has 0 radical (unpaired) electrons. The molecule has 3 aromatic rings. The number of carbonyl (C=O) groups is 1. The van der Waals surface area contributed by atoms with E-state index in [-0.39, 0.29) is 39.9 Å². The minimum absolute atomic E-state index is 0.00610. The first-order valence-corrected chi connectivity index (χ1v) is 12.5. The van der Waals surface area contributed by atoms with Crippen LogP contribution in [-0.2, 0) is 4.79 Å². The predicted molar refractivity (Wildman–Crippen MR) is 133 cm³/mol. The fraction of sp³-hybridized carbons (Fsp3) is 0.348. The number of halogens is 2. The van der Waals surface area contributed by atoms with Crippen LogP contribution >= 0.6 is 23.4 Å². The molecule has 1 unspecified atom stereocenters. The van der Waals surface area contributed by atoms with E-state index in [0.717, 1.165) is 31.8 Å². The molecule has 0 saturated carbocycles. The van der Waals surface area contributed by atoms with Crippen LogP contribution in [0.15, 0.2) is 47.6 Å². The third-order valence-electron chi connectivity index (χ3n) is 5.81. The number of likely N-dealkylation sites (tertiary alicyclic amines) is 1. The van der Waals surface area contributed by atoms with Gasteiger partial charge in [-0.15, -0.1) is 10.2 Å². The number of nitro groups is 1. The molecular formula is C23H24ClFN6O3S. The molecule has 9 nitrogen and oxygen atoms in total. The van der Waals surface area contributed by atoms with Crippen LogP contribution in [0.1, 0.15) is 38.1 Å². The van der Waals surface area contributed by atoms with Crippen LogP contribution in [-0.4, -0.2) is 49.3 Å². The van der Waals surface area contributed by atoms with Gasteiger partial charge in [-0.25, -0.2) is 4.39 Å². The number of hydrogen-bond acceptors (Lipinski definition) is 7. The number of thioether (sulfide) groups is 1. The lowest BCUT2D eigenvalue weighted by atomic mass is 10.1. The number of nitrogens with zero attached hydrogens (tertiary/aromatic N) is 5. The Kier molecular flexibility index (Phi) is 7.99. The summed E-state index contributed by atoms with van der Waals surface area (Å²) >= 11 is 7.01. The zero-order valence-corrected chi connectivity index (χ0v) is 20.6. The fourth-order valence-corrected chi connectivity index (χ4v) is 4.95. The van der Waals surface area contributed by atoms with E-state index in [2.05, 4.69) is 27.3 Å². The number of carbonyl (C=O) groups excluding carboxylic acids is 1. The van der Waals surface area contributed by atoms with E-state index < -0.39 is 4.92 Å². The Labute approximate surface area is 210 Å². The molecule has 2 heterocycles. The normalized spacial score (nSPS) is 15.1. The summed E-state index contributed by atoms with van der Waals surface area (Å²) in [6.45, 7) is 4.01. The lowest BCUT2D eigenvalue weighted by Crippen LogP contribution is -2.33. The lowest BCUT2D eigenvalue weighted by Gasteiger charge is -2.31. The summed E-state index contributed by atoms with van der Waals surface area (Å²) in [6, 6.07) is 10.1. The van der Waals surface area contributed by atoms with Gasteiger partial charge in [0.1, 0.15) is 10.8 Å². The molecule has 1 fully saturated rings. The van der Waals surface area contributed by atoms with Gasteiger partial charge in [-0.3, -0.25) is 24.4 Å². The smallest absolute Gasteiger partial charge is 0.289 e. The topological polar surface area (TPSA) is 106 Å². The number of aromatic nitrogens is 3. The molecule has 1 atom stereocenters. The number of piperidine rings is 1. The van der Waals surface area contributed by atoms with Gasteiger partial charge >= 0.3 is 0 Å². The van der Waals surface area contributed by atoms with E-state index >= 15 is 0 Å². The predicted octanol–water partition coefficient (Wildman–Crippen LogP) is 5.25. The van der Waals surface area contributed by atoms with Crippen molar-refractivity contribution in [3.8, 4) is 5.69 Å². The highest BCUT2D eigenvalue weighted by Crippen LogP contribution is 2.30. The van der Waals surface area contributed by atoms with Gasteiger partial charge in [0.05, 0.1) is 16.7 Å². The summed E-state index contributed by atoms with van der Waals surface area (Å²) in [7, 11) is 0. The van der Waals surface area contributed by atoms with Crippen LogP contribution in [0.4, 0.5) is 15.8 Å². The van der Waals surface area contributed by atoms with E-state index in [9.17, 15) is 19.3 Å². The largest absolute Gasteiger partial charge is 0.325 e. The maximum absolute atomic E-state index is 13.6.